The molecular formula is C28H23F4N3O3S2. The number of aromatic nitrogens is 2. The molecule has 2 aliphatic rings. The first-order valence-corrected chi connectivity index (χ1v) is 14.7. The number of sulfonamides is 1. The third-order valence-electron chi connectivity index (χ3n) is 7.66. The molecule has 2 atom stereocenters. The Morgan fingerprint density at radius 3 is 2.42 bits per heavy atom. The average molecular weight is 590 g/mol. The van der Waals surface area contributed by atoms with Gasteiger partial charge in [-0.05, 0) is 84.5 Å². The Hall–Kier alpha value is -3.32. The molecule has 1 aliphatic carbocycles. The summed E-state index contributed by atoms with van der Waals surface area (Å²) in [7, 11) is -4.16. The molecule has 1 saturated heterocycles. The van der Waals surface area contributed by atoms with E-state index in [1.807, 2.05) is 17.5 Å². The van der Waals surface area contributed by atoms with Gasteiger partial charge in [-0.25, -0.2) is 17.5 Å². The number of aliphatic hydroxyl groups is 1. The van der Waals surface area contributed by atoms with E-state index in [2.05, 4.69) is 5.10 Å². The van der Waals surface area contributed by atoms with Crippen LogP contribution in [0.1, 0.15) is 34.2 Å². The van der Waals surface area contributed by atoms with Crippen molar-refractivity contribution in [3.63, 3.8) is 0 Å². The highest BCUT2D eigenvalue weighted by atomic mass is 32.2. The molecule has 2 aromatic carbocycles. The first-order chi connectivity index (χ1) is 19.0. The van der Waals surface area contributed by atoms with E-state index >= 15 is 0 Å². The van der Waals surface area contributed by atoms with Gasteiger partial charge in [0.15, 0.2) is 0 Å². The summed E-state index contributed by atoms with van der Waals surface area (Å²) in [5.74, 6) is -0.372. The fourth-order valence-electron chi connectivity index (χ4n) is 5.60. The topological polar surface area (TPSA) is 75.4 Å². The lowest BCUT2D eigenvalue weighted by Gasteiger charge is -2.48. The van der Waals surface area contributed by atoms with Gasteiger partial charge < -0.3 is 5.11 Å². The van der Waals surface area contributed by atoms with Crippen molar-refractivity contribution in [2.24, 2.45) is 5.41 Å². The summed E-state index contributed by atoms with van der Waals surface area (Å²) in [6.45, 7) is 0.0243. The summed E-state index contributed by atoms with van der Waals surface area (Å²) in [5, 5.41) is 18.1. The molecule has 1 unspecified atom stereocenters. The molecule has 3 heterocycles. The molecule has 0 amide bonds. The summed E-state index contributed by atoms with van der Waals surface area (Å²) in [6, 6.07) is 13.0. The lowest BCUT2D eigenvalue weighted by Crippen LogP contribution is -2.51. The molecule has 12 heteroatoms. The maximum absolute atomic E-state index is 13.6. The summed E-state index contributed by atoms with van der Waals surface area (Å²) in [6.07, 6.45) is -1.44. The van der Waals surface area contributed by atoms with Crippen LogP contribution in [0.15, 0.2) is 82.7 Å². The van der Waals surface area contributed by atoms with Gasteiger partial charge in [-0.15, -0.1) is 11.3 Å². The third-order valence-corrected chi connectivity index (χ3v) is 10.4. The second-order valence-corrected chi connectivity index (χ2v) is 12.9. The second kappa shape index (κ2) is 9.65. The Morgan fingerprint density at radius 1 is 1.05 bits per heavy atom. The van der Waals surface area contributed by atoms with Gasteiger partial charge in [0.05, 0.1) is 34.1 Å². The van der Waals surface area contributed by atoms with Gasteiger partial charge in [-0.2, -0.15) is 22.6 Å². The highest BCUT2D eigenvalue weighted by Crippen LogP contribution is 2.52. The number of hydrogen-bond donors (Lipinski definition) is 1. The monoisotopic (exact) mass is 589 g/mol. The molecule has 6 nitrogen and oxygen atoms in total. The molecule has 0 spiro atoms. The normalized spacial score (nSPS) is 20.5. The van der Waals surface area contributed by atoms with Crippen LogP contribution in [0.3, 0.4) is 0 Å². The minimum Gasteiger partial charge on any atom is -0.387 e. The van der Waals surface area contributed by atoms with E-state index < -0.39 is 33.3 Å². The zero-order chi connectivity index (χ0) is 28.3. The molecule has 6 rings (SSSR count). The zero-order valence-electron chi connectivity index (χ0n) is 20.8. The van der Waals surface area contributed by atoms with E-state index in [1.165, 1.54) is 27.8 Å². The van der Waals surface area contributed by atoms with Crippen LogP contribution >= 0.6 is 11.3 Å². The van der Waals surface area contributed by atoms with Gasteiger partial charge in [-0.3, -0.25) is 0 Å². The largest absolute Gasteiger partial charge is 0.416 e. The maximum atomic E-state index is 13.6. The molecule has 208 valence electrons. The predicted molar refractivity (Wildman–Crippen MR) is 142 cm³/mol. The van der Waals surface area contributed by atoms with E-state index in [0.717, 1.165) is 41.1 Å². The molecule has 40 heavy (non-hydrogen) atoms. The van der Waals surface area contributed by atoms with Gasteiger partial charge in [0, 0.05) is 23.4 Å². The lowest BCUT2D eigenvalue weighted by atomic mass is 9.65. The highest BCUT2D eigenvalue weighted by Gasteiger charge is 2.51. The summed E-state index contributed by atoms with van der Waals surface area (Å²) in [4.78, 5) is 0.434. The predicted octanol–water partition coefficient (Wildman–Crippen LogP) is 5.85. The number of benzene rings is 2. The quantitative estimate of drug-likeness (QED) is 0.297. The molecular weight excluding hydrogens is 566 g/mol. The van der Waals surface area contributed by atoms with Crippen LogP contribution in [0.5, 0.6) is 0 Å². The summed E-state index contributed by atoms with van der Waals surface area (Å²) in [5.41, 5.74) is 1.12. The second-order valence-electron chi connectivity index (χ2n) is 9.97. The first-order valence-electron chi connectivity index (χ1n) is 12.4. The Balaban J connectivity index is 1.40. The molecule has 1 fully saturated rings. The Bertz CT molecular complexity index is 1680. The van der Waals surface area contributed by atoms with Crippen LogP contribution in [0.4, 0.5) is 17.6 Å². The van der Waals surface area contributed by atoms with Gasteiger partial charge in [0.25, 0.3) is 0 Å². The van der Waals surface area contributed by atoms with Crippen molar-refractivity contribution in [1.82, 2.24) is 14.1 Å². The number of hydrogen-bond acceptors (Lipinski definition) is 5. The van der Waals surface area contributed by atoms with Crippen LogP contribution in [0.2, 0.25) is 0 Å². The molecule has 0 radical (unpaired) electrons. The van der Waals surface area contributed by atoms with Crippen molar-refractivity contribution >= 4 is 27.4 Å². The molecule has 4 aromatic rings. The van der Waals surface area contributed by atoms with Crippen LogP contribution < -0.4 is 0 Å². The fourth-order valence-corrected chi connectivity index (χ4v) is 7.93. The Labute approximate surface area is 231 Å². The van der Waals surface area contributed by atoms with Crippen molar-refractivity contribution in [1.29, 1.82) is 0 Å². The standard InChI is InChI=1S/C28H23F4N3O3S2/c29-21-5-7-22(8-6-21)35-24-14-20-11-12-34(40(37,38)23-9-3-19(4-10-23)28(30,31)32)17-27(20,15-18(24)16-33-35)26(36)25-2-1-13-39-25/h1-10,13-14,16,26,36H,11-12,15,17H2/t26-,27?/m1/s1. The van der Waals surface area contributed by atoms with E-state index in [4.69, 9.17) is 0 Å². The zero-order valence-corrected chi connectivity index (χ0v) is 22.5. The number of piperidine rings is 1. The Kier molecular flexibility index (Phi) is 6.49. The van der Waals surface area contributed by atoms with Crippen molar-refractivity contribution in [3.8, 4) is 5.69 Å². The van der Waals surface area contributed by atoms with E-state index in [1.54, 1.807) is 29.1 Å². The van der Waals surface area contributed by atoms with E-state index in [-0.39, 0.29) is 30.2 Å². The minimum absolute atomic E-state index is 0.0670. The van der Waals surface area contributed by atoms with Crippen molar-refractivity contribution < 1.29 is 31.1 Å². The van der Waals surface area contributed by atoms with Crippen LogP contribution in [0.25, 0.3) is 11.8 Å². The fraction of sp³-hybridized carbons (Fsp3) is 0.250. The minimum atomic E-state index is -4.58. The molecule has 0 saturated carbocycles. The van der Waals surface area contributed by atoms with Crippen molar-refractivity contribution in [3.05, 3.63) is 105 Å². The van der Waals surface area contributed by atoms with Gasteiger partial charge >= 0.3 is 6.18 Å². The number of alkyl halides is 3. The van der Waals surface area contributed by atoms with Crippen molar-refractivity contribution in [2.45, 2.75) is 30.0 Å². The number of halogens is 4. The average Bonchev–Trinajstić information content (AvgIpc) is 3.61. The SMILES string of the molecule is O=S(=O)(c1ccc(C(F)(F)F)cc1)N1CCC2=Cc3c(cnn3-c3ccc(F)cc3)CC2([C@H](O)c2cccs2)C1. The molecule has 0 bridgehead atoms. The van der Waals surface area contributed by atoms with Crippen LogP contribution in [-0.4, -0.2) is 40.7 Å². The maximum Gasteiger partial charge on any atom is 0.416 e. The first kappa shape index (κ1) is 26.9. The lowest BCUT2D eigenvalue weighted by molar-refractivity contribution is -0.137. The van der Waals surface area contributed by atoms with E-state index in [9.17, 15) is 31.1 Å². The number of fused-ring (bicyclic) bond motifs is 2. The third kappa shape index (κ3) is 4.48. The summed E-state index contributed by atoms with van der Waals surface area (Å²) < 4.78 is 82.9. The molecule has 1 N–H and O–H groups in total. The van der Waals surface area contributed by atoms with Crippen LogP contribution in [-0.2, 0) is 22.6 Å². The van der Waals surface area contributed by atoms with Gasteiger partial charge in [-0.1, -0.05) is 11.6 Å². The highest BCUT2D eigenvalue weighted by molar-refractivity contribution is 7.89. The number of nitrogens with zero attached hydrogens (tertiary/aromatic N) is 3. The molecule has 2 aromatic heterocycles. The van der Waals surface area contributed by atoms with Gasteiger partial charge in [0.1, 0.15) is 5.82 Å². The van der Waals surface area contributed by atoms with E-state index in [0.29, 0.717) is 17.0 Å². The molecule has 1 aliphatic heterocycles. The number of aliphatic hydroxyl groups excluding tert-OH is 1. The summed E-state index contributed by atoms with van der Waals surface area (Å²) >= 11 is 1.36. The number of thiophene rings is 1. The van der Waals surface area contributed by atoms with Gasteiger partial charge in [0.2, 0.25) is 10.0 Å². The van der Waals surface area contributed by atoms with Crippen LogP contribution in [0, 0.1) is 11.2 Å². The smallest absolute Gasteiger partial charge is 0.387 e. The number of rotatable bonds is 5. The van der Waals surface area contributed by atoms with Crippen molar-refractivity contribution in [2.75, 3.05) is 13.1 Å². The Morgan fingerprint density at radius 2 is 1.77 bits per heavy atom.